The third-order valence-electron chi connectivity index (χ3n) is 3.72. The first-order valence-electron chi connectivity index (χ1n) is 8.77. The van der Waals surface area contributed by atoms with Gasteiger partial charge in [-0.25, -0.2) is 0 Å². The Morgan fingerprint density at radius 3 is 1.47 bits per heavy atom. The molecule has 2 N–H and O–H groups in total. The summed E-state index contributed by atoms with van der Waals surface area (Å²) in [6.07, 6.45) is 23.9. The van der Waals surface area contributed by atoms with Gasteiger partial charge in [0.1, 0.15) is 0 Å². The molecule has 0 saturated carbocycles. The quantitative estimate of drug-likeness (QED) is 0.286. The van der Waals surface area contributed by atoms with E-state index in [1.54, 1.807) is 0 Å². The summed E-state index contributed by atoms with van der Waals surface area (Å²) < 4.78 is 0. The van der Waals surface area contributed by atoms with Crippen LogP contribution in [0.5, 0.6) is 0 Å². The van der Waals surface area contributed by atoms with Crippen molar-refractivity contribution < 1.29 is 0 Å². The standard InChI is InChI=1S/C18H37N/c1-2-3-4-5-6-7-8-9-10-11-12-13-14-15-16-17-18-19/h14-15H,2-13,16-19H2,1H3/b15-14+. The van der Waals surface area contributed by atoms with E-state index >= 15 is 0 Å². The average Bonchev–Trinajstić information content (AvgIpc) is 2.43. The molecule has 0 aliphatic rings. The molecule has 0 fully saturated rings. The predicted octanol–water partition coefficient (Wildman–Crippen LogP) is 5.98. The summed E-state index contributed by atoms with van der Waals surface area (Å²) in [5.41, 5.74) is 5.45. The van der Waals surface area contributed by atoms with Crippen LogP contribution in [0.25, 0.3) is 0 Å². The third-order valence-corrected chi connectivity index (χ3v) is 3.72. The fraction of sp³-hybridized carbons (Fsp3) is 0.889. The van der Waals surface area contributed by atoms with Crippen molar-refractivity contribution in [1.29, 1.82) is 0 Å². The minimum Gasteiger partial charge on any atom is -0.330 e. The van der Waals surface area contributed by atoms with Gasteiger partial charge in [-0.3, -0.25) is 0 Å². The van der Waals surface area contributed by atoms with E-state index in [9.17, 15) is 0 Å². The Bertz CT molecular complexity index is 175. The molecule has 1 nitrogen and oxygen atoms in total. The summed E-state index contributed by atoms with van der Waals surface area (Å²) in [5, 5.41) is 0. The maximum Gasteiger partial charge on any atom is -0.00743 e. The van der Waals surface area contributed by atoms with Gasteiger partial charge in [-0.15, -0.1) is 0 Å². The van der Waals surface area contributed by atoms with Crippen LogP contribution >= 0.6 is 0 Å². The molecule has 0 radical (unpaired) electrons. The van der Waals surface area contributed by atoms with E-state index < -0.39 is 0 Å². The molecule has 0 amide bonds. The van der Waals surface area contributed by atoms with Gasteiger partial charge >= 0.3 is 0 Å². The molecule has 0 aromatic rings. The number of hydrogen-bond donors (Lipinski definition) is 1. The van der Waals surface area contributed by atoms with Crippen LogP contribution in [0, 0.1) is 0 Å². The summed E-state index contributed by atoms with van der Waals surface area (Å²) in [6.45, 7) is 3.11. The van der Waals surface area contributed by atoms with Gasteiger partial charge in [0.05, 0.1) is 0 Å². The van der Waals surface area contributed by atoms with Crippen LogP contribution in [0.15, 0.2) is 12.2 Å². The van der Waals surface area contributed by atoms with Crippen molar-refractivity contribution >= 4 is 0 Å². The molecule has 0 saturated heterocycles. The lowest BCUT2D eigenvalue weighted by Gasteiger charge is -2.01. The lowest BCUT2D eigenvalue weighted by molar-refractivity contribution is 0.550. The second-order valence-electron chi connectivity index (χ2n) is 5.73. The molecule has 0 aromatic heterocycles. The summed E-state index contributed by atoms with van der Waals surface area (Å²) >= 11 is 0. The lowest BCUT2D eigenvalue weighted by Crippen LogP contribution is -1.96. The van der Waals surface area contributed by atoms with E-state index in [1.807, 2.05) is 0 Å². The average molecular weight is 268 g/mol. The second kappa shape index (κ2) is 17.7. The number of hydrogen-bond acceptors (Lipinski definition) is 1. The fourth-order valence-electron chi connectivity index (χ4n) is 2.40. The molecular weight excluding hydrogens is 230 g/mol. The zero-order chi connectivity index (χ0) is 14.0. The van der Waals surface area contributed by atoms with Gasteiger partial charge in [0.25, 0.3) is 0 Å². The smallest absolute Gasteiger partial charge is 0.00743 e. The normalized spacial score (nSPS) is 11.5. The van der Waals surface area contributed by atoms with Crippen molar-refractivity contribution in [3.63, 3.8) is 0 Å². The molecule has 0 atom stereocenters. The first-order chi connectivity index (χ1) is 9.41. The van der Waals surface area contributed by atoms with Crippen LogP contribution in [-0.2, 0) is 0 Å². The minimum atomic E-state index is 0.822. The first kappa shape index (κ1) is 18.7. The first-order valence-corrected chi connectivity index (χ1v) is 8.77. The molecule has 19 heavy (non-hydrogen) atoms. The second-order valence-corrected chi connectivity index (χ2v) is 5.73. The predicted molar refractivity (Wildman–Crippen MR) is 88.5 cm³/mol. The zero-order valence-electron chi connectivity index (χ0n) is 13.3. The van der Waals surface area contributed by atoms with E-state index in [-0.39, 0.29) is 0 Å². The Hall–Kier alpha value is -0.300. The number of nitrogens with two attached hydrogens (primary N) is 1. The Morgan fingerprint density at radius 1 is 0.579 bits per heavy atom. The molecule has 0 aromatic carbocycles. The van der Waals surface area contributed by atoms with Crippen LogP contribution in [0.4, 0.5) is 0 Å². The van der Waals surface area contributed by atoms with Crippen LogP contribution in [0.2, 0.25) is 0 Å². The zero-order valence-corrected chi connectivity index (χ0v) is 13.3. The van der Waals surface area contributed by atoms with Crippen molar-refractivity contribution in [2.45, 2.75) is 96.8 Å². The lowest BCUT2D eigenvalue weighted by atomic mass is 10.1. The van der Waals surface area contributed by atoms with E-state index in [0.717, 1.165) is 19.4 Å². The molecule has 0 bridgehead atoms. The molecule has 0 aliphatic heterocycles. The number of allylic oxidation sites excluding steroid dienone is 2. The summed E-state index contributed by atoms with van der Waals surface area (Å²) in [6, 6.07) is 0. The highest BCUT2D eigenvalue weighted by Gasteiger charge is 1.92. The van der Waals surface area contributed by atoms with Crippen LogP contribution in [0.3, 0.4) is 0 Å². The van der Waals surface area contributed by atoms with Gasteiger partial charge in [0.2, 0.25) is 0 Å². The maximum absolute atomic E-state index is 5.45. The molecule has 0 heterocycles. The van der Waals surface area contributed by atoms with Crippen molar-refractivity contribution in [3.8, 4) is 0 Å². The summed E-state index contributed by atoms with van der Waals surface area (Å²) in [7, 11) is 0. The molecule has 0 unspecified atom stereocenters. The minimum absolute atomic E-state index is 0.822. The van der Waals surface area contributed by atoms with E-state index in [1.165, 1.54) is 77.0 Å². The van der Waals surface area contributed by atoms with E-state index in [4.69, 9.17) is 5.73 Å². The monoisotopic (exact) mass is 267 g/mol. The summed E-state index contributed by atoms with van der Waals surface area (Å²) in [5.74, 6) is 0. The maximum atomic E-state index is 5.45. The van der Waals surface area contributed by atoms with Crippen molar-refractivity contribution in [1.82, 2.24) is 0 Å². The Morgan fingerprint density at radius 2 is 1.00 bits per heavy atom. The highest BCUT2D eigenvalue weighted by atomic mass is 14.5. The van der Waals surface area contributed by atoms with Gasteiger partial charge in [-0.2, -0.15) is 0 Å². The fourth-order valence-corrected chi connectivity index (χ4v) is 2.40. The van der Waals surface area contributed by atoms with Gasteiger partial charge in [0.15, 0.2) is 0 Å². The molecule has 0 spiro atoms. The third kappa shape index (κ3) is 17.7. The van der Waals surface area contributed by atoms with Gasteiger partial charge in [-0.1, -0.05) is 83.3 Å². The molecule has 1 heteroatoms. The summed E-state index contributed by atoms with van der Waals surface area (Å²) in [4.78, 5) is 0. The Balaban J connectivity index is 2.97. The van der Waals surface area contributed by atoms with Crippen molar-refractivity contribution in [2.75, 3.05) is 6.54 Å². The van der Waals surface area contributed by atoms with Crippen molar-refractivity contribution in [2.24, 2.45) is 5.73 Å². The van der Waals surface area contributed by atoms with Crippen LogP contribution < -0.4 is 5.73 Å². The van der Waals surface area contributed by atoms with Gasteiger partial charge in [0, 0.05) is 0 Å². The molecule has 0 rings (SSSR count). The van der Waals surface area contributed by atoms with E-state index in [0.29, 0.717) is 0 Å². The largest absolute Gasteiger partial charge is 0.330 e. The van der Waals surface area contributed by atoms with Crippen molar-refractivity contribution in [3.05, 3.63) is 12.2 Å². The Kier molecular flexibility index (Phi) is 17.4. The topological polar surface area (TPSA) is 26.0 Å². The van der Waals surface area contributed by atoms with Gasteiger partial charge < -0.3 is 5.73 Å². The van der Waals surface area contributed by atoms with Crippen LogP contribution in [-0.4, -0.2) is 6.54 Å². The highest BCUT2D eigenvalue weighted by Crippen LogP contribution is 2.12. The number of rotatable bonds is 15. The molecular formula is C18H37N. The molecule has 0 aliphatic carbocycles. The number of unbranched alkanes of at least 4 members (excludes halogenated alkanes) is 12. The SMILES string of the molecule is CCCCCCCCCCCCC/C=C/CCCN. The Labute approximate surface area is 122 Å². The van der Waals surface area contributed by atoms with Crippen LogP contribution in [0.1, 0.15) is 96.8 Å². The van der Waals surface area contributed by atoms with E-state index in [2.05, 4.69) is 19.1 Å². The molecule has 114 valence electrons. The van der Waals surface area contributed by atoms with Gasteiger partial charge in [-0.05, 0) is 32.2 Å². The highest BCUT2D eigenvalue weighted by molar-refractivity contribution is 4.81.